The maximum Gasteiger partial charge on any atom is 0.286 e. The number of anilines is 1. The fraction of sp³-hybridized carbons (Fsp3) is 0.269. The van der Waals surface area contributed by atoms with Crippen molar-refractivity contribution in [2.75, 3.05) is 38.4 Å². The lowest BCUT2D eigenvalue weighted by molar-refractivity contribution is -0.121. The van der Waals surface area contributed by atoms with Crippen molar-refractivity contribution in [2.45, 2.75) is 13.0 Å². The van der Waals surface area contributed by atoms with E-state index >= 15 is 0 Å². The minimum Gasteiger partial charge on any atom is -0.482 e. The maximum absolute atomic E-state index is 13.8. The minimum atomic E-state index is -0.567. The molecule has 2 amide bonds. The number of methoxy groups -OCH3 is 1. The number of hydrogen-bond acceptors (Lipinski definition) is 7. The third-order valence-electron chi connectivity index (χ3n) is 5.43. The number of fused-ring (bicyclic) bond motifs is 1. The quantitative estimate of drug-likeness (QED) is 0.320. The van der Waals surface area contributed by atoms with E-state index in [1.165, 1.54) is 35.2 Å². The van der Waals surface area contributed by atoms with Gasteiger partial charge in [0.05, 0.1) is 12.2 Å². The number of carbonyl (C=O) groups excluding carboxylic acids is 3. The first-order chi connectivity index (χ1) is 17.5. The van der Waals surface area contributed by atoms with Gasteiger partial charge < -0.3 is 23.9 Å². The summed E-state index contributed by atoms with van der Waals surface area (Å²) < 4.78 is 35.2. The van der Waals surface area contributed by atoms with Crippen molar-refractivity contribution in [1.82, 2.24) is 5.32 Å². The number of benzene rings is 2. The number of amides is 2. The first kappa shape index (κ1) is 24.9. The van der Waals surface area contributed by atoms with Crippen LogP contribution in [0.5, 0.6) is 11.5 Å². The molecule has 2 aromatic carbocycles. The van der Waals surface area contributed by atoms with Crippen LogP contribution < -0.4 is 19.7 Å². The van der Waals surface area contributed by atoms with E-state index in [4.69, 9.17) is 18.6 Å². The van der Waals surface area contributed by atoms with E-state index in [9.17, 15) is 18.8 Å². The summed E-state index contributed by atoms with van der Waals surface area (Å²) in [7, 11) is 1.59. The molecule has 2 heterocycles. The molecule has 0 bridgehead atoms. The molecule has 0 saturated heterocycles. The van der Waals surface area contributed by atoms with Crippen molar-refractivity contribution in [3.05, 3.63) is 77.5 Å². The predicted octanol–water partition coefficient (Wildman–Crippen LogP) is 3.37. The molecule has 9 nitrogen and oxygen atoms in total. The molecule has 0 saturated carbocycles. The van der Waals surface area contributed by atoms with Crippen LogP contribution in [0.2, 0.25) is 0 Å². The maximum atomic E-state index is 13.8. The number of rotatable bonds is 11. The van der Waals surface area contributed by atoms with Crippen molar-refractivity contribution >= 4 is 23.3 Å². The van der Waals surface area contributed by atoms with E-state index in [1.807, 2.05) is 0 Å². The Labute approximate surface area is 206 Å². The Hall–Kier alpha value is -4.18. The van der Waals surface area contributed by atoms with Crippen LogP contribution in [-0.4, -0.2) is 51.1 Å². The van der Waals surface area contributed by atoms with Gasteiger partial charge in [-0.25, -0.2) is 4.39 Å². The van der Waals surface area contributed by atoms with Crippen LogP contribution in [0.15, 0.2) is 59.0 Å². The number of halogens is 1. The Morgan fingerprint density at radius 1 is 1.14 bits per heavy atom. The van der Waals surface area contributed by atoms with Crippen LogP contribution in [0.3, 0.4) is 0 Å². The molecule has 0 atom stereocenters. The summed E-state index contributed by atoms with van der Waals surface area (Å²) in [6.45, 7) is 0.451. The van der Waals surface area contributed by atoms with Gasteiger partial charge in [0.25, 0.3) is 11.8 Å². The highest BCUT2D eigenvalue weighted by Crippen LogP contribution is 2.34. The number of nitrogens with one attached hydrogen (secondary N) is 1. The van der Waals surface area contributed by atoms with Gasteiger partial charge in [0.2, 0.25) is 0 Å². The fourth-order valence-electron chi connectivity index (χ4n) is 3.58. The number of nitrogens with zero attached hydrogens (tertiary/aromatic N) is 1. The summed E-state index contributed by atoms with van der Waals surface area (Å²) in [6, 6.07) is 13.6. The van der Waals surface area contributed by atoms with Crippen molar-refractivity contribution in [3.63, 3.8) is 0 Å². The van der Waals surface area contributed by atoms with Crippen molar-refractivity contribution in [1.29, 1.82) is 0 Å². The van der Waals surface area contributed by atoms with Crippen molar-refractivity contribution in [2.24, 2.45) is 0 Å². The molecule has 1 aliphatic rings. The van der Waals surface area contributed by atoms with Crippen LogP contribution in [0.25, 0.3) is 0 Å². The average Bonchev–Trinajstić information content (AvgIpc) is 3.36. The van der Waals surface area contributed by atoms with Crippen molar-refractivity contribution in [3.8, 4) is 11.5 Å². The number of para-hydroxylation sites is 1. The first-order valence-electron chi connectivity index (χ1n) is 11.3. The molecule has 1 aromatic heterocycles. The van der Waals surface area contributed by atoms with Crippen LogP contribution in [0, 0.1) is 5.82 Å². The fourth-order valence-corrected chi connectivity index (χ4v) is 3.58. The van der Waals surface area contributed by atoms with E-state index in [-0.39, 0.29) is 48.6 Å². The monoisotopic (exact) mass is 496 g/mol. The number of hydrogen-bond donors (Lipinski definition) is 1. The van der Waals surface area contributed by atoms with Crippen LogP contribution >= 0.6 is 0 Å². The summed E-state index contributed by atoms with van der Waals surface area (Å²) in [5.74, 6) is -0.767. The lowest BCUT2D eigenvalue weighted by Crippen LogP contribution is -2.38. The van der Waals surface area contributed by atoms with E-state index in [0.717, 1.165) is 0 Å². The van der Waals surface area contributed by atoms with Gasteiger partial charge in [0.15, 0.2) is 36.3 Å². The van der Waals surface area contributed by atoms with Gasteiger partial charge in [0.1, 0.15) is 11.5 Å². The smallest absolute Gasteiger partial charge is 0.286 e. The highest BCUT2D eigenvalue weighted by atomic mass is 19.1. The summed E-state index contributed by atoms with van der Waals surface area (Å²) in [5.41, 5.74) is 0.647. The molecule has 0 aliphatic carbocycles. The molecular weight excluding hydrogens is 471 g/mol. The molecule has 1 N–H and O–H groups in total. The standard InChI is InChI=1S/C26H25FN2O7/c1-33-12-4-11-28-26(32)24-10-8-18(36-24)14-29-20-13-17(7-9-23(20)35-16-25(29)31)21(30)15-34-22-6-3-2-5-19(22)27/h2-3,5-10,13H,4,11-12,14-16H2,1H3,(H,28,32). The van der Waals surface area contributed by atoms with Crippen LogP contribution in [0.1, 0.15) is 33.1 Å². The average molecular weight is 496 g/mol. The molecule has 188 valence electrons. The Morgan fingerprint density at radius 2 is 1.97 bits per heavy atom. The summed E-state index contributed by atoms with van der Waals surface area (Å²) in [5, 5.41) is 2.74. The number of Topliss-reactive ketones (excluding diaryl/α,β-unsaturated/α-hetero) is 1. The number of ketones is 1. The number of furan rings is 1. The minimum absolute atomic E-state index is 0.0275. The molecule has 0 spiro atoms. The summed E-state index contributed by atoms with van der Waals surface area (Å²) >= 11 is 0. The van der Waals surface area contributed by atoms with Gasteiger partial charge in [-0.3, -0.25) is 19.3 Å². The Bertz CT molecular complexity index is 1260. The topological polar surface area (TPSA) is 107 Å². The predicted molar refractivity (Wildman–Crippen MR) is 127 cm³/mol. The van der Waals surface area contributed by atoms with Gasteiger partial charge in [-0.1, -0.05) is 12.1 Å². The largest absolute Gasteiger partial charge is 0.482 e. The third-order valence-corrected chi connectivity index (χ3v) is 5.43. The second-order valence-electron chi connectivity index (χ2n) is 7.96. The van der Waals surface area contributed by atoms with Gasteiger partial charge >= 0.3 is 0 Å². The van der Waals surface area contributed by atoms with Gasteiger partial charge in [-0.15, -0.1) is 0 Å². The number of carbonyl (C=O) groups is 3. The van der Waals surface area contributed by atoms with E-state index in [0.29, 0.717) is 36.8 Å². The van der Waals surface area contributed by atoms with Crippen LogP contribution in [0.4, 0.5) is 10.1 Å². The highest BCUT2D eigenvalue weighted by molar-refractivity contribution is 6.02. The SMILES string of the molecule is COCCCNC(=O)c1ccc(CN2C(=O)COc3ccc(C(=O)COc4ccccc4F)cc32)o1. The zero-order chi connectivity index (χ0) is 25.5. The number of ether oxygens (including phenoxy) is 3. The van der Waals surface area contributed by atoms with Gasteiger partial charge in [-0.2, -0.15) is 0 Å². The van der Waals surface area contributed by atoms with Crippen LogP contribution in [-0.2, 0) is 16.1 Å². The molecular formula is C26H25FN2O7. The summed E-state index contributed by atoms with van der Waals surface area (Å²) in [6.07, 6.45) is 0.668. The molecule has 4 rings (SSSR count). The molecule has 0 unspecified atom stereocenters. The van der Waals surface area contributed by atoms with Gasteiger partial charge in [0, 0.05) is 25.8 Å². The first-order valence-corrected chi connectivity index (χ1v) is 11.3. The Morgan fingerprint density at radius 3 is 2.78 bits per heavy atom. The summed E-state index contributed by atoms with van der Waals surface area (Å²) in [4.78, 5) is 39.0. The Kier molecular flexibility index (Phi) is 7.96. The lowest BCUT2D eigenvalue weighted by atomic mass is 10.1. The van der Waals surface area contributed by atoms with E-state index in [1.54, 1.807) is 31.4 Å². The lowest BCUT2D eigenvalue weighted by Gasteiger charge is -2.29. The normalized spacial score (nSPS) is 12.6. The second-order valence-corrected chi connectivity index (χ2v) is 7.96. The van der Waals surface area contributed by atoms with E-state index in [2.05, 4.69) is 5.32 Å². The molecule has 36 heavy (non-hydrogen) atoms. The highest BCUT2D eigenvalue weighted by Gasteiger charge is 2.28. The molecule has 1 aliphatic heterocycles. The van der Waals surface area contributed by atoms with E-state index < -0.39 is 11.6 Å². The van der Waals surface area contributed by atoms with Crippen molar-refractivity contribution < 1.29 is 37.4 Å². The second kappa shape index (κ2) is 11.5. The molecule has 3 aromatic rings. The molecule has 0 fully saturated rings. The zero-order valence-corrected chi connectivity index (χ0v) is 19.6. The third kappa shape index (κ3) is 5.89. The Balaban J connectivity index is 1.45. The molecule has 0 radical (unpaired) electrons. The van der Waals surface area contributed by atoms with Gasteiger partial charge in [-0.05, 0) is 48.9 Å². The zero-order valence-electron chi connectivity index (χ0n) is 19.6. The molecule has 10 heteroatoms.